The molecule has 0 spiro atoms. The van der Waals surface area contributed by atoms with Crippen molar-refractivity contribution in [1.29, 1.82) is 0 Å². The Morgan fingerprint density at radius 3 is 2.64 bits per heavy atom. The number of nitrogens with zero attached hydrogens (tertiary/aromatic N) is 3. The predicted octanol–water partition coefficient (Wildman–Crippen LogP) is 6.42. The summed E-state index contributed by atoms with van der Waals surface area (Å²) < 4.78 is 6.82. The lowest BCUT2D eigenvalue weighted by Gasteiger charge is -2.19. The van der Waals surface area contributed by atoms with Crippen LogP contribution in [-0.2, 0) is 0 Å². The topological polar surface area (TPSA) is 118 Å². The quantitative estimate of drug-likeness (QED) is 0.235. The molecular weight excluding hydrogens is 544 g/mol. The fourth-order valence-electron chi connectivity index (χ4n) is 4.21. The third kappa shape index (κ3) is 4.27. The average Bonchev–Trinajstić information content (AvgIpc) is 3.21. The minimum Gasteiger partial charge on any atom is -0.476 e. The van der Waals surface area contributed by atoms with Crippen LogP contribution in [0, 0.1) is 20.8 Å². The maximum absolute atomic E-state index is 13.4. The van der Waals surface area contributed by atoms with Crippen LogP contribution in [0.25, 0.3) is 32.8 Å². The summed E-state index contributed by atoms with van der Waals surface area (Å²) in [6.07, 6.45) is 0. The molecule has 36 heavy (non-hydrogen) atoms. The summed E-state index contributed by atoms with van der Waals surface area (Å²) in [5.74, 6) is -0.751. The molecule has 4 aromatic heterocycles. The number of carboxylic acids is 1. The lowest BCUT2D eigenvalue weighted by Crippen LogP contribution is -2.14. The monoisotopic (exact) mass is 564 g/mol. The van der Waals surface area contributed by atoms with Gasteiger partial charge in [0.05, 0.1) is 22.1 Å². The van der Waals surface area contributed by atoms with E-state index in [4.69, 9.17) is 9.40 Å². The highest BCUT2D eigenvalue weighted by Crippen LogP contribution is 2.33. The van der Waals surface area contributed by atoms with E-state index in [1.54, 1.807) is 31.2 Å². The molecule has 0 aliphatic carbocycles. The molecule has 1 aromatic carbocycles. The molecule has 0 aliphatic rings. The summed E-state index contributed by atoms with van der Waals surface area (Å²) in [7, 11) is 0. The Morgan fingerprint density at radius 1 is 1.11 bits per heavy atom. The van der Waals surface area contributed by atoms with Crippen molar-refractivity contribution >= 4 is 60.2 Å². The summed E-state index contributed by atoms with van der Waals surface area (Å²) in [5.41, 5.74) is 3.97. The van der Waals surface area contributed by atoms with Crippen LogP contribution in [0.3, 0.4) is 0 Å². The van der Waals surface area contributed by atoms with Crippen molar-refractivity contribution in [2.75, 3.05) is 5.32 Å². The van der Waals surface area contributed by atoms with E-state index in [0.717, 1.165) is 26.5 Å². The summed E-state index contributed by atoms with van der Waals surface area (Å²) in [4.78, 5) is 39.2. The van der Waals surface area contributed by atoms with E-state index in [1.807, 2.05) is 32.9 Å². The van der Waals surface area contributed by atoms with E-state index >= 15 is 0 Å². The Kier molecular flexibility index (Phi) is 6.09. The smallest absolute Gasteiger partial charge is 0.356 e. The van der Waals surface area contributed by atoms with Crippen molar-refractivity contribution in [3.05, 3.63) is 78.6 Å². The minimum atomic E-state index is -1.15. The van der Waals surface area contributed by atoms with Gasteiger partial charge >= 0.3 is 5.97 Å². The molecule has 1 unspecified atom stereocenters. The number of benzene rings is 1. The van der Waals surface area contributed by atoms with Crippen molar-refractivity contribution in [3.63, 3.8) is 0 Å². The molecule has 0 aliphatic heterocycles. The molecule has 10 heteroatoms. The van der Waals surface area contributed by atoms with Crippen molar-refractivity contribution in [2.45, 2.75) is 33.7 Å². The summed E-state index contributed by atoms with van der Waals surface area (Å²) >= 11 is 4.70. The van der Waals surface area contributed by atoms with Gasteiger partial charge in [-0.15, -0.1) is 0 Å². The van der Waals surface area contributed by atoms with Gasteiger partial charge in [0.15, 0.2) is 16.9 Å². The SMILES string of the molecule is Cc1cc(C(C)Nc2ccc(Br)nc2C(=O)O)c2oc(-c3ccc4nc(C)sc4n3)c(C)c(=O)c2c1. The molecule has 0 saturated carbocycles. The summed E-state index contributed by atoms with van der Waals surface area (Å²) in [5, 5.41) is 14.2. The number of hydrogen-bond donors (Lipinski definition) is 2. The fraction of sp³-hybridized carbons (Fsp3) is 0.192. The third-order valence-corrected chi connectivity index (χ3v) is 7.21. The minimum absolute atomic E-state index is 0.108. The molecule has 0 amide bonds. The molecular formula is C26H21BrN4O4S. The summed E-state index contributed by atoms with van der Waals surface area (Å²) in [6, 6.07) is 10.3. The Bertz CT molecular complexity index is 1740. The molecule has 182 valence electrons. The van der Waals surface area contributed by atoms with Gasteiger partial charge in [0.1, 0.15) is 26.2 Å². The second-order valence-corrected chi connectivity index (χ2v) is 10.6. The van der Waals surface area contributed by atoms with E-state index in [0.29, 0.717) is 38.3 Å². The Labute approximate surface area is 218 Å². The maximum Gasteiger partial charge on any atom is 0.356 e. The number of pyridine rings is 2. The highest BCUT2D eigenvalue weighted by atomic mass is 79.9. The molecule has 0 fully saturated rings. The van der Waals surface area contributed by atoms with Gasteiger partial charge in [-0.3, -0.25) is 4.79 Å². The van der Waals surface area contributed by atoms with E-state index in [1.165, 1.54) is 11.3 Å². The van der Waals surface area contributed by atoms with Gasteiger partial charge in [0, 0.05) is 11.1 Å². The fourth-order valence-corrected chi connectivity index (χ4v) is 5.31. The largest absolute Gasteiger partial charge is 0.476 e. The molecule has 5 rings (SSSR count). The van der Waals surface area contributed by atoms with Gasteiger partial charge < -0.3 is 14.8 Å². The highest BCUT2D eigenvalue weighted by molar-refractivity contribution is 9.10. The Morgan fingerprint density at radius 2 is 1.89 bits per heavy atom. The number of rotatable bonds is 5. The number of aromatic nitrogens is 3. The zero-order chi connectivity index (χ0) is 25.7. The first-order valence-corrected chi connectivity index (χ1v) is 12.7. The number of aromatic carboxylic acids is 1. The molecule has 8 nitrogen and oxygen atoms in total. The standard InChI is InChI=1S/C26H21BrN4O4S/c1-11-9-15(13(3)28-17-7-8-20(27)31-21(17)26(33)34)24-16(10-11)22(32)12(2)23(35-24)18-5-6-19-25(30-18)36-14(4)29-19/h5-10,13,28H,1-4H3,(H,33,34). The molecule has 0 saturated heterocycles. The lowest BCUT2D eigenvalue weighted by molar-refractivity contribution is 0.0691. The molecule has 4 heterocycles. The van der Waals surface area contributed by atoms with E-state index in [9.17, 15) is 14.7 Å². The number of carbonyl (C=O) groups is 1. The van der Waals surface area contributed by atoms with Crippen molar-refractivity contribution in [3.8, 4) is 11.5 Å². The van der Waals surface area contributed by atoms with E-state index < -0.39 is 12.0 Å². The van der Waals surface area contributed by atoms with E-state index in [-0.39, 0.29) is 11.1 Å². The molecule has 0 bridgehead atoms. The average molecular weight is 565 g/mol. The number of nitrogens with one attached hydrogen (secondary N) is 1. The van der Waals surface area contributed by atoms with Crippen LogP contribution in [0.1, 0.15) is 45.2 Å². The number of carboxylic acid groups (broad SMARTS) is 1. The van der Waals surface area contributed by atoms with Gasteiger partial charge in [-0.05, 0) is 79.5 Å². The van der Waals surface area contributed by atoms with Crippen molar-refractivity contribution in [1.82, 2.24) is 15.0 Å². The second-order valence-electron chi connectivity index (χ2n) is 8.57. The molecule has 1 atom stereocenters. The maximum atomic E-state index is 13.4. The van der Waals surface area contributed by atoms with Gasteiger partial charge in [-0.2, -0.15) is 0 Å². The number of fused-ring (bicyclic) bond motifs is 2. The van der Waals surface area contributed by atoms with Crippen LogP contribution in [0.5, 0.6) is 0 Å². The first-order chi connectivity index (χ1) is 17.1. The summed E-state index contributed by atoms with van der Waals surface area (Å²) in [6.45, 7) is 7.45. The number of hydrogen-bond acceptors (Lipinski definition) is 8. The normalized spacial score (nSPS) is 12.2. The number of thiazole rings is 1. The highest BCUT2D eigenvalue weighted by Gasteiger charge is 2.21. The predicted molar refractivity (Wildman–Crippen MR) is 144 cm³/mol. The number of aryl methyl sites for hydroxylation is 2. The zero-order valence-electron chi connectivity index (χ0n) is 19.8. The van der Waals surface area contributed by atoms with Crippen LogP contribution < -0.4 is 10.7 Å². The molecule has 2 N–H and O–H groups in total. The number of halogens is 1. The van der Waals surface area contributed by atoms with Gasteiger partial charge in [0.2, 0.25) is 0 Å². The van der Waals surface area contributed by atoms with Crippen molar-refractivity contribution in [2.24, 2.45) is 0 Å². The van der Waals surface area contributed by atoms with Crippen molar-refractivity contribution < 1.29 is 14.3 Å². The van der Waals surface area contributed by atoms with Gasteiger partial charge in [0.25, 0.3) is 0 Å². The second kappa shape index (κ2) is 9.11. The van der Waals surface area contributed by atoms with Crippen LogP contribution >= 0.6 is 27.3 Å². The van der Waals surface area contributed by atoms with E-state index in [2.05, 4.69) is 31.2 Å². The van der Waals surface area contributed by atoms with Crippen LogP contribution in [0.4, 0.5) is 5.69 Å². The third-order valence-electron chi connectivity index (χ3n) is 5.89. The van der Waals surface area contributed by atoms with Crippen LogP contribution in [0.15, 0.2) is 50.2 Å². The van der Waals surface area contributed by atoms with Gasteiger partial charge in [-0.25, -0.2) is 19.7 Å². The Hall–Kier alpha value is -3.63. The Balaban J connectivity index is 1.67. The zero-order valence-corrected chi connectivity index (χ0v) is 22.2. The first-order valence-electron chi connectivity index (χ1n) is 11.1. The number of anilines is 1. The first kappa shape index (κ1) is 24.1. The molecule has 5 aromatic rings. The van der Waals surface area contributed by atoms with Crippen LogP contribution in [0.2, 0.25) is 0 Å². The van der Waals surface area contributed by atoms with Gasteiger partial charge in [-0.1, -0.05) is 17.4 Å². The van der Waals surface area contributed by atoms with Crippen LogP contribution in [-0.4, -0.2) is 26.0 Å². The molecule has 0 radical (unpaired) electrons. The lowest BCUT2D eigenvalue weighted by atomic mass is 9.99.